The van der Waals surface area contributed by atoms with E-state index in [2.05, 4.69) is 19.4 Å². The number of carbonyl (C=O) groups is 1. The minimum atomic E-state index is 0.577. The maximum atomic E-state index is 11.4. The number of aromatic nitrogens is 4. The molecule has 0 amide bonds. The molecule has 0 saturated carbocycles. The molecule has 1 fully saturated rings. The van der Waals surface area contributed by atoms with Gasteiger partial charge in [-0.3, -0.25) is 4.79 Å². The van der Waals surface area contributed by atoms with Crippen molar-refractivity contribution < 1.29 is 4.79 Å². The maximum absolute atomic E-state index is 11.4. The molecule has 0 N–H and O–H groups in total. The molecule has 1 aliphatic rings. The van der Waals surface area contributed by atoms with Crippen LogP contribution in [-0.4, -0.2) is 45.7 Å². The van der Waals surface area contributed by atoms with E-state index in [1.807, 2.05) is 42.4 Å². The van der Waals surface area contributed by atoms with E-state index in [9.17, 15) is 4.79 Å². The first-order valence-electron chi connectivity index (χ1n) is 8.61. The molecule has 4 heterocycles. The van der Waals surface area contributed by atoms with Gasteiger partial charge in [0.05, 0.1) is 17.9 Å². The highest BCUT2D eigenvalue weighted by Gasteiger charge is 2.15. The van der Waals surface area contributed by atoms with E-state index in [0.717, 1.165) is 47.3 Å². The topological polar surface area (TPSA) is 67.2 Å². The molecule has 4 rings (SSSR count). The van der Waals surface area contributed by atoms with E-state index in [4.69, 9.17) is 0 Å². The smallest absolute Gasteiger partial charge is 0.234 e. The first-order valence-corrected chi connectivity index (χ1v) is 9.39. The quantitative estimate of drug-likeness (QED) is 0.623. The van der Waals surface area contributed by atoms with Crippen molar-refractivity contribution in [2.45, 2.75) is 19.4 Å². The fourth-order valence-corrected chi connectivity index (χ4v) is 3.74. The Hall–Kier alpha value is -2.74. The molecule has 3 aromatic heterocycles. The Kier molecular flexibility index (Phi) is 4.66. The molecule has 7 nitrogen and oxygen atoms in total. The number of rotatable bonds is 6. The van der Waals surface area contributed by atoms with Crippen molar-refractivity contribution in [3.8, 4) is 11.3 Å². The average Bonchev–Trinajstić information content (AvgIpc) is 3.42. The van der Waals surface area contributed by atoms with Crippen LogP contribution in [0.3, 0.4) is 0 Å². The minimum absolute atomic E-state index is 0.577. The van der Waals surface area contributed by atoms with Crippen LogP contribution in [0.5, 0.6) is 0 Å². The zero-order chi connectivity index (χ0) is 17.9. The number of hydrogen-bond donors (Lipinski definition) is 0. The maximum Gasteiger partial charge on any atom is 0.234 e. The summed E-state index contributed by atoms with van der Waals surface area (Å²) < 4.78 is 5.51. The molecule has 0 atom stereocenters. The van der Waals surface area contributed by atoms with E-state index >= 15 is 0 Å². The van der Waals surface area contributed by atoms with Gasteiger partial charge in [-0.05, 0) is 48.6 Å². The number of pyridine rings is 1. The highest BCUT2D eigenvalue weighted by atomic mass is 32.1. The number of hydrogen-bond acceptors (Lipinski definition) is 7. The zero-order valence-electron chi connectivity index (χ0n) is 14.6. The van der Waals surface area contributed by atoms with E-state index in [0.29, 0.717) is 6.54 Å². The molecule has 3 aromatic rings. The van der Waals surface area contributed by atoms with Gasteiger partial charge < -0.3 is 9.80 Å². The van der Waals surface area contributed by atoms with Crippen molar-refractivity contribution in [1.29, 1.82) is 0 Å². The molecule has 134 valence electrons. The first kappa shape index (κ1) is 16.7. The molecule has 1 aliphatic heterocycles. The molecule has 0 spiro atoms. The van der Waals surface area contributed by atoms with E-state index in [1.54, 1.807) is 6.20 Å². The largest absolute Gasteiger partial charge is 0.359 e. The summed E-state index contributed by atoms with van der Waals surface area (Å²) in [5.74, 6) is 1.01. The van der Waals surface area contributed by atoms with Gasteiger partial charge in [-0.25, -0.2) is 9.67 Å². The van der Waals surface area contributed by atoms with Gasteiger partial charge in [0.2, 0.25) is 6.41 Å². The summed E-state index contributed by atoms with van der Waals surface area (Å²) in [6.45, 7) is 2.72. The highest BCUT2D eigenvalue weighted by molar-refractivity contribution is 7.10. The third kappa shape index (κ3) is 3.32. The second-order valence-corrected chi connectivity index (χ2v) is 7.19. The van der Waals surface area contributed by atoms with Gasteiger partial charge in [0.25, 0.3) is 0 Å². The average molecular weight is 368 g/mol. The molecule has 0 bridgehead atoms. The van der Waals surface area contributed by atoms with Crippen LogP contribution in [0.2, 0.25) is 0 Å². The van der Waals surface area contributed by atoms with Gasteiger partial charge in [0, 0.05) is 38.1 Å². The minimum Gasteiger partial charge on any atom is -0.359 e. The lowest BCUT2D eigenvalue weighted by molar-refractivity contribution is 0.537. The van der Waals surface area contributed by atoms with Crippen molar-refractivity contribution in [2.24, 2.45) is 0 Å². The fraction of sp³-hybridized carbons (Fsp3) is 0.333. The van der Waals surface area contributed by atoms with Gasteiger partial charge in [-0.2, -0.15) is 9.47 Å². The van der Waals surface area contributed by atoms with E-state index in [1.165, 1.54) is 29.1 Å². The van der Waals surface area contributed by atoms with Crippen LogP contribution in [0.1, 0.15) is 18.5 Å². The van der Waals surface area contributed by atoms with Crippen LogP contribution in [0.25, 0.3) is 11.3 Å². The molecule has 0 unspecified atom stereocenters. The van der Waals surface area contributed by atoms with E-state index in [-0.39, 0.29) is 0 Å². The lowest BCUT2D eigenvalue weighted by atomic mass is 10.2. The number of nitrogens with zero attached hydrogens (tertiary/aromatic N) is 6. The van der Waals surface area contributed by atoms with E-state index < -0.39 is 0 Å². The Morgan fingerprint density at radius 2 is 2.12 bits per heavy atom. The number of anilines is 2. The van der Waals surface area contributed by atoms with Crippen LogP contribution in [-0.2, 0) is 11.3 Å². The Bertz CT molecular complexity index is 868. The zero-order valence-corrected chi connectivity index (χ0v) is 15.4. The SMILES string of the molecule is CN(Cc1cc(-c2ccc(N3CCCC3)nc2)nn1C=O)c1ccns1. The first-order chi connectivity index (χ1) is 12.7. The lowest BCUT2D eigenvalue weighted by Gasteiger charge is -2.15. The predicted molar refractivity (Wildman–Crippen MR) is 103 cm³/mol. The van der Waals surface area contributed by atoms with Crippen LogP contribution >= 0.6 is 11.5 Å². The van der Waals surface area contributed by atoms with Gasteiger partial charge in [-0.15, -0.1) is 0 Å². The van der Waals surface area contributed by atoms with Gasteiger partial charge >= 0.3 is 0 Å². The number of carbonyl (C=O) groups excluding carboxylic acids is 1. The normalized spacial score (nSPS) is 14.0. The standard InChI is InChI=1S/C18H20N6OS/c1-22(18-6-7-20-26-18)12-15-10-16(21-24(15)13-25)14-4-5-17(19-11-14)23-8-2-3-9-23/h4-7,10-11,13H,2-3,8-9,12H2,1H3. The summed E-state index contributed by atoms with van der Waals surface area (Å²) in [5, 5.41) is 5.46. The van der Waals surface area contributed by atoms with Crippen LogP contribution in [0, 0.1) is 0 Å². The van der Waals surface area contributed by atoms with Gasteiger partial charge in [0.1, 0.15) is 10.8 Å². The summed E-state index contributed by atoms with van der Waals surface area (Å²) in [5.41, 5.74) is 2.50. The molecular weight excluding hydrogens is 348 g/mol. The van der Waals surface area contributed by atoms with Crippen LogP contribution < -0.4 is 9.80 Å². The molecule has 26 heavy (non-hydrogen) atoms. The van der Waals surface area contributed by atoms with Crippen LogP contribution in [0.15, 0.2) is 36.7 Å². The Morgan fingerprint density at radius 1 is 1.27 bits per heavy atom. The fourth-order valence-electron chi connectivity index (χ4n) is 3.18. The van der Waals surface area contributed by atoms with Gasteiger partial charge in [0.15, 0.2) is 0 Å². The van der Waals surface area contributed by atoms with Gasteiger partial charge in [-0.1, -0.05) is 0 Å². The third-order valence-corrected chi connectivity index (χ3v) is 5.45. The Labute approximate surface area is 156 Å². The Balaban J connectivity index is 1.55. The van der Waals surface area contributed by atoms with Crippen molar-refractivity contribution >= 4 is 28.8 Å². The summed E-state index contributed by atoms with van der Waals surface area (Å²) >= 11 is 1.42. The molecular formula is C18H20N6OS. The second kappa shape index (κ2) is 7.25. The highest BCUT2D eigenvalue weighted by Crippen LogP contribution is 2.24. The van der Waals surface area contributed by atoms with Crippen molar-refractivity contribution in [2.75, 3.05) is 29.9 Å². The molecule has 8 heteroatoms. The molecule has 0 radical (unpaired) electrons. The second-order valence-electron chi connectivity index (χ2n) is 6.38. The Morgan fingerprint density at radius 3 is 2.77 bits per heavy atom. The monoisotopic (exact) mass is 368 g/mol. The lowest BCUT2D eigenvalue weighted by Crippen LogP contribution is -2.18. The summed E-state index contributed by atoms with van der Waals surface area (Å²) in [7, 11) is 1.97. The molecule has 1 saturated heterocycles. The van der Waals surface area contributed by atoms with Crippen molar-refractivity contribution in [3.05, 3.63) is 42.4 Å². The summed E-state index contributed by atoms with van der Waals surface area (Å²) in [6.07, 6.45) is 6.80. The third-order valence-electron chi connectivity index (χ3n) is 4.59. The summed E-state index contributed by atoms with van der Waals surface area (Å²) in [6, 6.07) is 7.95. The van der Waals surface area contributed by atoms with Crippen molar-refractivity contribution in [3.63, 3.8) is 0 Å². The van der Waals surface area contributed by atoms with Crippen molar-refractivity contribution in [1.82, 2.24) is 19.1 Å². The molecule has 0 aliphatic carbocycles. The molecule has 0 aromatic carbocycles. The summed E-state index contributed by atoms with van der Waals surface area (Å²) in [4.78, 5) is 20.3. The van der Waals surface area contributed by atoms with Crippen LogP contribution in [0.4, 0.5) is 10.8 Å². The predicted octanol–water partition coefficient (Wildman–Crippen LogP) is 2.68.